The first-order chi connectivity index (χ1) is 8.20. The Morgan fingerprint density at radius 3 is 3.06 bits per heavy atom. The van der Waals surface area contributed by atoms with E-state index in [0.717, 1.165) is 18.0 Å². The lowest BCUT2D eigenvalue weighted by Gasteiger charge is -2.07. The number of nitrogens with zero attached hydrogens (tertiary/aromatic N) is 3. The fraction of sp³-hybridized carbons (Fsp3) is 0.455. The van der Waals surface area contributed by atoms with Crippen molar-refractivity contribution in [3.05, 3.63) is 23.3 Å². The van der Waals surface area contributed by atoms with Gasteiger partial charge in [-0.25, -0.2) is 9.97 Å². The summed E-state index contributed by atoms with van der Waals surface area (Å²) >= 11 is 1.56. The molecule has 90 valence electrons. The van der Waals surface area contributed by atoms with Gasteiger partial charge in [0.1, 0.15) is 5.82 Å². The highest BCUT2D eigenvalue weighted by Gasteiger charge is 2.16. The maximum absolute atomic E-state index is 12.0. The molecule has 5 nitrogen and oxygen atoms in total. The van der Waals surface area contributed by atoms with Gasteiger partial charge < -0.3 is 5.32 Å². The van der Waals surface area contributed by atoms with E-state index >= 15 is 0 Å². The molecule has 17 heavy (non-hydrogen) atoms. The zero-order valence-electron chi connectivity index (χ0n) is 9.86. The molecule has 1 amide bonds. The van der Waals surface area contributed by atoms with Crippen molar-refractivity contribution < 1.29 is 4.79 Å². The first-order valence-electron chi connectivity index (χ1n) is 5.52. The van der Waals surface area contributed by atoms with Crippen LogP contribution in [-0.2, 0) is 6.42 Å². The van der Waals surface area contributed by atoms with Crippen molar-refractivity contribution in [1.29, 1.82) is 0 Å². The van der Waals surface area contributed by atoms with Crippen LogP contribution in [0.15, 0.2) is 11.2 Å². The first-order valence-corrected chi connectivity index (χ1v) is 6.50. The summed E-state index contributed by atoms with van der Waals surface area (Å²) in [4.78, 5) is 24.5. The second-order valence-electron chi connectivity index (χ2n) is 3.62. The van der Waals surface area contributed by atoms with Gasteiger partial charge in [-0.2, -0.15) is 0 Å². The third-order valence-electron chi connectivity index (χ3n) is 2.37. The molecule has 0 bridgehead atoms. The molecule has 0 unspecified atom stereocenters. The van der Waals surface area contributed by atoms with E-state index < -0.39 is 0 Å². The van der Waals surface area contributed by atoms with Gasteiger partial charge in [-0.3, -0.25) is 9.79 Å². The molecule has 2 rings (SSSR count). The minimum atomic E-state index is -0.171. The van der Waals surface area contributed by atoms with Gasteiger partial charge in [-0.15, -0.1) is 0 Å². The number of carbonyl (C=O) groups excluding carboxylic acids is 1. The topological polar surface area (TPSA) is 67.2 Å². The van der Waals surface area contributed by atoms with Gasteiger partial charge in [0.25, 0.3) is 5.91 Å². The summed E-state index contributed by atoms with van der Waals surface area (Å²) in [6, 6.07) is 0. The van der Waals surface area contributed by atoms with E-state index in [9.17, 15) is 4.79 Å². The Hall–Kier alpha value is -1.43. The number of rotatable bonds is 2. The monoisotopic (exact) mass is 250 g/mol. The lowest BCUT2D eigenvalue weighted by atomic mass is 10.2. The lowest BCUT2D eigenvalue weighted by molar-refractivity contribution is 0.0976. The molecule has 1 aliphatic rings. The summed E-state index contributed by atoms with van der Waals surface area (Å²) in [5, 5.41) is 3.48. The molecule has 0 saturated heterocycles. The number of hydrogen-bond donors (Lipinski definition) is 1. The predicted octanol–water partition coefficient (Wildman–Crippen LogP) is 1.18. The van der Waals surface area contributed by atoms with E-state index in [2.05, 4.69) is 20.3 Å². The Morgan fingerprint density at radius 1 is 1.59 bits per heavy atom. The second kappa shape index (κ2) is 5.27. The number of aromatic nitrogens is 2. The predicted molar refractivity (Wildman–Crippen MR) is 68.4 cm³/mol. The van der Waals surface area contributed by atoms with Crippen LogP contribution >= 0.6 is 11.8 Å². The molecule has 0 saturated carbocycles. The molecule has 1 aliphatic heterocycles. The Labute approximate surface area is 104 Å². The summed E-state index contributed by atoms with van der Waals surface area (Å²) in [7, 11) is 0. The van der Waals surface area contributed by atoms with Crippen LogP contribution in [0.25, 0.3) is 0 Å². The molecule has 1 aromatic heterocycles. The number of carbonyl (C=O) groups is 1. The summed E-state index contributed by atoms with van der Waals surface area (Å²) in [5.41, 5.74) is 1.31. The van der Waals surface area contributed by atoms with Crippen molar-refractivity contribution in [2.24, 2.45) is 4.99 Å². The first kappa shape index (κ1) is 12.0. The van der Waals surface area contributed by atoms with Gasteiger partial charge in [-0.1, -0.05) is 18.7 Å². The van der Waals surface area contributed by atoms with Crippen LogP contribution in [0, 0.1) is 6.92 Å². The molecule has 0 fully saturated rings. The van der Waals surface area contributed by atoms with Gasteiger partial charge >= 0.3 is 0 Å². The molecule has 0 spiro atoms. The molecule has 0 aromatic carbocycles. The summed E-state index contributed by atoms with van der Waals surface area (Å²) in [6.07, 6.45) is 2.29. The molecule has 6 heteroatoms. The van der Waals surface area contributed by atoms with E-state index in [1.165, 1.54) is 0 Å². The maximum atomic E-state index is 12.0. The molecule has 2 heterocycles. The number of nitrogens with one attached hydrogen (secondary N) is 1. The fourth-order valence-electron chi connectivity index (χ4n) is 1.55. The zero-order valence-corrected chi connectivity index (χ0v) is 10.7. The van der Waals surface area contributed by atoms with Crippen molar-refractivity contribution in [2.45, 2.75) is 20.3 Å². The number of aliphatic imine (C=N–C) groups is 1. The Kier molecular flexibility index (Phi) is 3.73. The van der Waals surface area contributed by atoms with Crippen LogP contribution in [0.2, 0.25) is 0 Å². The molecular weight excluding hydrogens is 236 g/mol. The molecule has 0 radical (unpaired) electrons. The van der Waals surface area contributed by atoms with Gasteiger partial charge in [0.05, 0.1) is 17.8 Å². The largest absolute Gasteiger partial charge is 0.301 e. The number of thioether (sulfide) groups is 1. The average Bonchev–Trinajstić information content (AvgIpc) is 2.81. The van der Waals surface area contributed by atoms with E-state index in [1.54, 1.807) is 18.0 Å². The number of aryl methyl sites for hydroxylation is 2. The van der Waals surface area contributed by atoms with Crippen LogP contribution in [0.3, 0.4) is 0 Å². The Morgan fingerprint density at radius 2 is 2.41 bits per heavy atom. The Bertz CT molecular complexity index is 473. The van der Waals surface area contributed by atoms with E-state index in [0.29, 0.717) is 23.0 Å². The van der Waals surface area contributed by atoms with Gasteiger partial charge in [0.2, 0.25) is 0 Å². The quantitative estimate of drug-likeness (QED) is 0.856. The third-order valence-corrected chi connectivity index (χ3v) is 3.26. The molecule has 1 aromatic rings. The van der Waals surface area contributed by atoms with Crippen LogP contribution < -0.4 is 5.32 Å². The van der Waals surface area contributed by atoms with Crippen molar-refractivity contribution in [1.82, 2.24) is 15.3 Å². The third kappa shape index (κ3) is 2.82. The SMILES string of the molecule is CCc1nc(C)ncc1C(=O)NC1=NCCS1. The Balaban J connectivity index is 2.18. The van der Waals surface area contributed by atoms with Crippen LogP contribution in [0.5, 0.6) is 0 Å². The van der Waals surface area contributed by atoms with Crippen molar-refractivity contribution >= 4 is 22.8 Å². The van der Waals surface area contributed by atoms with Crippen molar-refractivity contribution in [3.8, 4) is 0 Å². The van der Waals surface area contributed by atoms with E-state index in [-0.39, 0.29) is 5.91 Å². The molecule has 0 aliphatic carbocycles. The number of amidine groups is 1. The minimum Gasteiger partial charge on any atom is -0.301 e. The fourth-order valence-corrected chi connectivity index (χ4v) is 2.27. The van der Waals surface area contributed by atoms with E-state index in [4.69, 9.17) is 0 Å². The number of hydrogen-bond acceptors (Lipinski definition) is 5. The van der Waals surface area contributed by atoms with Crippen molar-refractivity contribution in [3.63, 3.8) is 0 Å². The minimum absolute atomic E-state index is 0.171. The average molecular weight is 250 g/mol. The molecule has 1 N–H and O–H groups in total. The highest BCUT2D eigenvalue weighted by Crippen LogP contribution is 2.11. The zero-order chi connectivity index (χ0) is 12.3. The summed E-state index contributed by atoms with van der Waals surface area (Å²) in [5.74, 6) is 1.45. The van der Waals surface area contributed by atoms with Gasteiger partial charge in [-0.05, 0) is 13.3 Å². The molecule has 0 atom stereocenters. The second-order valence-corrected chi connectivity index (χ2v) is 4.70. The smallest absolute Gasteiger partial charge is 0.260 e. The van der Waals surface area contributed by atoms with Crippen molar-refractivity contribution in [2.75, 3.05) is 12.3 Å². The van der Waals surface area contributed by atoms with Gasteiger partial charge in [0.15, 0.2) is 5.17 Å². The number of amides is 1. The molecular formula is C11H14N4OS. The van der Waals surface area contributed by atoms with Crippen LogP contribution in [0.1, 0.15) is 28.8 Å². The summed E-state index contributed by atoms with van der Waals surface area (Å²) < 4.78 is 0. The van der Waals surface area contributed by atoms with Gasteiger partial charge in [0, 0.05) is 11.9 Å². The lowest BCUT2D eigenvalue weighted by Crippen LogP contribution is -2.28. The van der Waals surface area contributed by atoms with E-state index in [1.807, 2.05) is 13.8 Å². The van der Waals surface area contributed by atoms with Crippen LogP contribution in [0.4, 0.5) is 0 Å². The highest BCUT2D eigenvalue weighted by molar-refractivity contribution is 8.14. The standard InChI is InChI=1S/C11H14N4OS/c1-3-9-8(6-13-7(2)14-9)10(16)15-11-12-4-5-17-11/h6H,3-5H2,1-2H3,(H,12,15,16). The summed E-state index contributed by atoms with van der Waals surface area (Å²) in [6.45, 7) is 4.56. The van der Waals surface area contributed by atoms with Crippen LogP contribution in [-0.4, -0.2) is 33.3 Å². The highest BCUT2D eigenvalue weighted by atomic mass is 32.2. The maximum Gasteiger partial charge on any atom is 0.260 e. The normalized spacial score (nSPS) is 14.6.